The van der Waals surface area contributed by atoms with Gasteiger partial charge in [-0.1, -0.05) is 36.4 Å². The van der Waals surface area contributed by atoms with Gasteiger partial charge >= 0.3 is 0 Å². The Morgan fingerprint density at radius 2 is 1.53 bits per heavy atom. The molecule has 0 atom stereocenters. The number of hydrogen-bond donors (Lipinski definition) is 0. The van der Waals surface area contributed by atoms with Crippen molar-refractivity contribution in [1.82, 2.24) is 0 Å². The van der Waals surface area contributed by atoms with E-state index in [4.69, 9.17) is 0 Å². The number of benzene rings is 2. The maximum Gasteiger partial charge on any atom is 0.136 e. The standard InChI is InChI=1S/C13H10F2/c1-9-7-8-11(14)12(13(9)15)10-5-3-2-4-6-10/h2-8H,1H3. The Kier molecular flexibility index (Phi) is 2.50. The molecule has 0 bridgehead atoms. The Morgan fingerprint density at radius 1 is 0.867 bits per heavy atom. The summed E-state index contributed by atoms with van der Waals surface area (Å²) in [6, 6.07) is 11.5. The summed E-state index contributed by atoms with van der Waals surface area (Å²) in [4.78, 5) is 0. The predicted molar refractivity (Wildman–Crippen MR) is 56.5 cm³/mol. The van der Waals surface area contributed by atoms with E-state index in [9.17, 15) is 8.78 Å². The summed E-state index contributed by atoms with van der Waals surface area (Å²) >= 11 is 0. The van der Waals surface area contributed by atoms with E-state index < -0.39 is 11.6 Å². The summed E-state index contributed by atoms with van der Waals surface area (Å²) in [7, 11) is 0. The van der Waals surface area contributed by atoms with Gasteiger partial charge in [0.15, 0.2) is 0 Å². The van der Waals surface area contributed by atoms with Gasteiger partial charge in [-0.2, -0.15) is 0 Å². The van der Waals surface area contributed by atoms with E-state index in [0.29, 0.717) is 11.1 Å². The van der Waals surface area contributed by atoms with Gasteiger partial charge in [0.2, 0.25) is 0 Å². The Bertz CT molecular complexity index is 475. The molecule has 0 radical (unpaired) electrons. The lowest BCUT2D eigenvalue weighted by atomic mass is 10.0. The highest BCUT2D eigenvalue weighted by molar-refractivity contribution is 5.65. The molecule has 2 rings (SSSR count). The van der Waals surface area contributed by atoms with Crippen molar-refractivity contribution in [2.24, 2.45) is 0 Å². The quantitative estimate of drug-likeness (QED) is 0.660. The summed E-state index contributed by atoms with van der Waals surface area (Å²) in [5.74, 6) is -1.01. The van der Waals surface area contributed by atoms with E-state index in [1.807, 2.05) is 6.07 Å². The molecule has 0 aliphatic rings. The molecule has 15 heavy (non-hydrogen) atoms. The molecule has 0 saturated heterocycles. The summed E-state index contributed by atoms with van der Waals surface area (Å²) in [5.41, 5.74) is 1.07. The van der Waals surface area contributed by atoms with Gasteiger partial charge in [0.05, 0.1) is 5.56 Å². The van der Waals surface area contributed by atoms with E-state index in [0.717, 1.165) is 0 Å². The van der Waals surface area contributed by atoms with Crippen molar-refractivity contribution in [3.05, 3.63) is 59.7 Å². The fourth-order valence-electron chi connectivity index (χ4n) is 1.53. The molecule has 0 aliphatic carbocycles. The Morgan fingerprint density at radius 3 is 2.20 bits per heavy atom. The number of hydrogen-bond acceptors (Lipinski definition) is 0. The first-order valence-electron chi connectivity index (χ1n) is 4.70. The van der Waals surface area contributed by atoms with Crippen LogP contribution < -0.4 is 0 Å². The van der Waals surface area contributed by atoms with Crippen molar-refractivity contribution in [1.29, 1.82) is 0 Å². The minimum absolute atomic E-state index is 0.0515. The molecular weight excluding hydrogens is 194 g/mol. The molecule has 0 N–H and O–H groups in total. The molecule has 0 unspecified atom stereocenters. The van der Waals surface area contributed by atoms with Crippen molar-refractivity contribution in [2.75, 3.05) is 0 Å². The molecule has 0 aliphatic heterocycles. The van der Waals surface area contributed by atoms with Crippen molar-refractivity contribution >= 4 is 0 Å². The van der Waals surface area contributed by atoms with Crippen molar-refractivity contribution < 1.29 is 8.78 Å². The zero-order chi connectivity index (χ0) is 10.8. The summed E-state index contributed by atoms with van der Waals surface area (Å²) < 4.78 is 27.2. The highest BCUT2D eigenvalue weighted by Crippen LogP contribution is 2.27. The molecule has 0 amide bonds. The molecule has 0 aromatic heterocycles. The zero-order valence-electron chi connectivity index (χ0n) is 8.30. The van der Waals surface area contributed by atoms with Crippen LogP contribution >= 0.6 is 0 Å². The summed E-state index contributed by atoms with van der Waals surface area (Å²) in [5, 5.41) is 0. The van der Waals surface area contributed by atoms with Gasteiger partial charge in [-0.3, -0.25) is 0 Å². The van der Waals surface area contributed by atoms with E-state index in [-0.39, 0.29) is 5.56 Å². The third-order valence-corrected chi connectivity index (χ3v) is 2.35. The molecule has 0 nitrogen and oxygen atoms in total. The fraction of sp³-hybridized carbons (Fsp3) is 0.0769. The van der Waals surface area contributed by atoms with E-state index >= 15 is 0 Å². The first-order valence-corrected chi connectivity index (χ1v) is 4.70. The molecule has 2 aromatic rings. The minimum atomic E-state index is -0.524. The van der Waals surface area contributed by atoms with Gasteiger partial charge < -0.3 is 0 Å². The van der Waals surface area contributed by atoms with Crippen molar-refractivity contribution in [3.63, 3.8) is 0 Å². The van der Waals surface area contributed by atoms with Gasteiger partial charge in [-0.05, 0) is 24.1 Å². The first kappa shape index (κ1) is 9.84. The molecular formula is C13H10F2. The molecule has 2 aromatic carbocycles. The van der Waals surface area contributed by atoms with Crippen LogP contribution in [0.2, 0.25) is 0 Å². The molecule has 0 fully saturated rings. The fourth-order valence-corrected chi connectivity index (χ4v) is 1.53. The van der Waals surface area contributed by atoms with Crippen LogP contribution in [0.25, 0.3) is 11.1 Å². The van der Waals surface area contributed by atoms with Crippen LogP contribution in [-0.2, 0) is 0 Å². The second-order valence-corrected chi connectivity index (χ2v) is 3.42. The molecule has 0 heterocycles. The van der Waals surface area contributed by atoms with Crippen LogP contribution in [0.5, 0.6) is 0 Å². The zero-order valence-corrected chi connectivity index (χ0v) is 8.30. The van der Waals surface area contributed by atoms with Crippen LogP contribution in [0.3, 0.4) is 0 Å². The summed E-state index contributed by atoms with van der Waals surface area (Å²) in [6.45, 7) is 1.63. The molecule has 2 heteroatoms. The lowest BCUT2D eigenvalue weighted by Gasteiger charge is -2.06. The van der Waals surface area contributed by atoms with Gasteiger partial charge in [0, 0.05) is 0 Å². The monoisotopic (exact) mass is 204 g/mol. The van der Waals surface area contributed by atoms with E-state index in [2.05, 4.69) is 0 Å². The van der Waals surface area contributed by atoms with Crippen LogP contribution in [0, 0.1) is 18.6 Å². The van der Waals surface area contributed by atoms with Crippen LogP contribution in [0.1, 0.15) is 5.56 Å². The molecule has 0 saturated carbocycles. The lowest BCUT2D eigenvalue weighted by Crippen LogP contribution is -1.92. The minimum Gasteiger partial charge on any atom is -0.206 e. The Balaban J connectivity index is 2.68. The second-order valence-electron chi connectivity index (χ2n) is 3.42. The topological polar surface area (TPSA) is 0 Å². The normalized spacial score (nSPS) is 10.3. The lowest BCUT2D eigenvalue weighted by molar-refractivity contribution is 0.584. The number of aryl methyl sites for hydroxylation is 1. The SMILES string of the molecule is Cc1ccc(F)c(-c2ccccc2)c1F. The van der Waals surface area contributed by atoms with Gasteiger partial charge in [-0.25, -0.2) is 8.78 Å². The molecule has 0 spiro atoms. The average Bonchev–Trinajstić information content (AvgIpc) is 2.26. The average molecular weight is 204 g/mol. The second kappa shape index (κ2) is 3.81. The Labute approximate surface area is 87.2 Å². The van der Waals surface area contributed by atoms with E-state index in [1.165, 1.54) is 12.1 Å². The maximum atomic E-state index is 13.7. The highest BCUT2D eigenvalue weighted by atomic mass is 19.1. The van der Waals surface area contributed by atoms with Crippen molar-refractivity contribution in [2.45, 2.75) is 6.92 Å². The summed E-state index contributed by atoms with van der Waals surface area (Å²) in [6.07, 6.45) is 0. The number of halogens is 2. The third kappa shape index (κ3) is 1.75. The van der Waals surface area contributed by atoms with E-state index in [1.54, 1.807) is 31.2 Å². The van der Waals surface area contributed by atoms with Crippen LogP contribution in [0.15, 0.2) is 42.5 Å². The van der Waals surface area contributed by atoms with Crippen LogP contribution in [0.4, 0.5) is 8.78 Å². The maximum absolute atomic E-state index is 13.7. The Hall–Kier alpha value is -1.70. The van der Waals surface area contributed by atoms with Gasteiger partial charge in [0.25, 0.3) is 0 Å². The highest BCUT2D eigenvalue weighted by Gasteiger charge is 2.12. The molecule has 76 valence electrons. The predicted octanol–water partition coefficient (Wildman–Crippen LogP) is 3.94. The van der Waals surface area contributed by atoms with Gasteiger partial charge in [-0.15, -0.1) is 0 Å². The number of rotatable bonds is 1. The van der Waals surface area contributed by atoms with Gasteiger partial charge in [0.1, 0.15) is 11.6 Å². The largest absolute Gasteiger partial charge is 0.206 e. The third-order valence-electron chi connectivity index (χ3n) is 2.35. The van der Waals surface area contributed by atoms with Crippen LogP contribution in [-0.4, -0.2) is 0 Å². The van der Waals surface area contributed by atoms with Crippen molar-refractivity contribution in [3.8, 4) is 11.1 Å². The first-order chi connectivity index (χ1) is 7.20. The smallest absolute Gasteiger partial charge is 0.136 e.